The molecule has 2 aromatic carbocycles. The molecule has 4 nitrogen and oxygen atoms in total. The maximum absolute atomic E-state index is 12.7. The van der Waals surface area contributed by atoms with Crippen molar-refractivity contribution in [1.29, 1.82) is 0 Å². The molecule has 0 bridgehead atoms. The van der Waals surface area contributed by atoms with Gasteiger partial charge in [-0.1, -0.05) is 48.9 Å². The van der Waals surface area contributed by atoms with E-state index in [9.17, 15) is 4.79 Å². The SMILES string of the molecule is CCN(CCCNC(=O)c1ccc2nc3c(c(Cl)c2c1)CCCC3)Cc1ccccc1. The maximum Gasteiger partial charge on any atom is 0.251 e. The lowest BCUT2D eigenvalue weighted by atomic mass is 9.94. The third-order valence-corrected chi connectivity index (χ3v) is 6.52. The first kappa shape index (κ1) is 21.8. The van der Waals surface area contributed by atoms with Crippen LogP contribution in [0.2, 0.25) is 5.02 Å². The van der Waals surface area contributed by atoms with Crippen molar-refractivity contribution in [3.63, 3.8) is 0 Å². The van der Waals surface area contributed by atoms with Crippen molar-refractivity contribution in [2.45, 2.75) is 45.6 Å². The highest BCUT2D eigenvalue weighted by Crippen LogP contribution is 2.33. The van der Waals surface area contributed by atoms with E-state index in [0.717, 1.165) is 72.5 Å². The second kappa shape index (κ2) is 10.3. The molecule has 162 valence electrons. The Hall–Kier alpha value is -2.43. The van der Waals surface area contributed by atoms with Crippen LogP contribution in [0.3, 0.4) is 0 Å². The fourth-order valence-corrected chi connectivity index (χ4v) is 4.66. The molecule has 1 aliphatic rings. The van der Waals surface area contributed by atoms with E-state index in [1.54, 1.807) is 0 Å². The Morgan fingerprint density at radius 1 is 1.13 bits per heavy atom. The summed E-state index contributed by atoms with van der Waals surface area (Å²) in [5.41, 5.74) is 5.12. The van der Waals surface area contributed by atoms with Crippen LogP contribution in [0.25, 0.3) is 10.9 Å². The van der Waals surface area contributed by atoms with Crippen molar-refractivity contribution < 1.29 is 4.79 Å². The van der Waals surface area contributed by atoms with E-state index < -0.39 is 0 Å². The fourth-order valence-electron chi connectivity index (χ4n) is 4.30. The highest BCUT2D eigenvalue weighted by Gasteiger charge is 2.18. The van der Waals surface area contributed by atoms with Gasteiger partial charge in [0.2, 0.25) is 0 Å². The minimum absolute atomic E-state index is 0.0539. The van der Waals surface area contributed by atoms with Crippen LogP contribution >= 0.6 is 11.6 Å². The van der Waals surface area contributed by atoms with E-state index in [4.69, 9.17) is 16.6 Å². The predicted octanol–water partition coefficient (Wildman–Crippen LogP) is 5.41. The van der Waals surface area contributed by atoms with Gasteiger partial charge in [0.05, 0.1) is 10.5 Å². The molecule has 3 aromatic rings. The van der Waals surface area contributed by atoms with Gasteiger partial charge < -0.3 is 5.32 Å². The van der Waals surface area contributed by atoms with Crippen molar-refractivity contribution >= 4 is 28.4 Å². The number of carbonyl (C=O) groups is 1. The molecular weight excluding hydrogens is 406 g/mol. The van der Waals surface area contributed by atoms with E-state index in [1.165, 1.54) is 12.0 Å². The van der Waals surface area contributed by atoms with Crippen molar-refractivity contribution in [1.82, 2.24) is 15.2 Å². The minimum Gasteiger partial charge on any atom is -0.352 e. The number of aryl methyl sites for hydroxylation is 1. The standard InChI is InChI=1S/C26H30ClN3O/c1-2-30(18-19-9-4-3-5-10-19)16-8-15-28-26(31)20-13-14-24-22(17-20)25(27)21-11-6-7-12-23(21)29-24/h3-5,9-10,13-14,17H,2,6-8,11-12,15-16,18H2,1H3,(H,28,31). The van der Waals surface area contributed by atoms with Crippen molar-refractivity contribution in [2.75, 3.05) is 19.6 Å². The van der Waals surface area contributed by atoms with Gasteiger partial charge in [-0.05, 0) is 68.0 Å². The lowest BCUT2D eigenvalue weighted by Gasteiger charge is -2.20. The Bertz CT molecular complexity index is 1050. The van der Waals surface area contributed by atoms with Crippen LogP contribution in [0.1, 0.15) is 53.4 Å². The van der Waals surface area contributed by atoms with Gasteiger partial charge in [0, 0.05) is 36.3 Å². The zero-order valence-corrected chi connectivity index (χ0v) is 18.9. The molecule has 31 heavy (non-hydrogen) atoms. The van der Waals surface area contributed by atoms with Crippen LogP contribution in [0.15, 0.2) is 48.5 Å². The summed E-state index contributed by atoms with van der Waals surface area (Å²) < 4.78 is 0. The Morgan fingerprint density at radius 2 is 1.94 bits per heavy atom. The molecule has 0 saturated heterocycles. The normalized spacial score (nSPS) is 13.4. The molecule has 0 saturated carbocycles. The monoisotopic (exact) mass is 435 g/mol. The Morgan fingerprint density at radius 3 is 2.74 bits per heavy atom. The summed E-state index contributed by atoms with van der Waals surface area (Å²) in [5, 5.41) is 4.72. The first-order chi connectivity index (χ1) is 15.2. The van der Waals surface area contributed by atoms with E-state index in [-0.39, 0.29) is 5.91 Å². The number of pyridine rings is 1. The Balaban J connectivity index is 1.34. The maximum atomic E-state index is 12.7. The molecular formula is C26H30ClN3O. The highest BCUT2D eigenvalue weighted by molar-refractivity contribution is 6.36. The number of nitrogens with zero attached hydrogens (tertiary/aromatic N) is 2. The number of nitrogens with one attached hydrogen (secondary N) is 1. The van der Waals surface area contributed by atoms with Gasteiger partial charge in [-0.25, -0.2) is 0 Å². The summed E-state index contributed by atoms with van der Waals surface area (Å²) in [6, 6.07) is 16.2. The Labute approximate surface area is 189 Å². The van der Waals surface area contributed by atoms with Gasteiger partial charge >= 0.3 is 0 Å². The molecule has 1 aliphatic carbocycles. The van der Waals surface area contributed by atoms with Gasteiger partial charge in [-0.3, -0.25) is 14.7 Å². The van der Waals surface area contributed by atoms with Gasteiger partial charge in [0.15, 0.2) is 0 Å². The smallest absolute Gasteiger partial charge is 0.251 e. The molecule has 1 aromatic heterocycles. The quantitative estimate of drug-likeness (QED) is 0.481. The number of aromatic nitrogens is 1. The summed E-state index contributed by atoms with van der Waals surface area (Å²) in [7, 11) is 0. The van der Waals surface area contributed by atoms with Crippen molar-refractivity contribution in [3.8, 4) is 0 Å². The first-order valence-corrected chi connectivity index (χ1v) is 11.7. The second-order valence-corrected chi connectivity index (χ2v) is 8.63. The molecule has 1 N–H and O–H groups in total. The largest absolute Gasteiger partial charge is 0.352 e. The lowest BCUT2D eigenvalue weighted by molar-refractivity contribution is 0.0951. The number of halogens is 1. The molecule has 5 heteroatoms. The Kier molecular flexibility index (Phi) is 7.21. The third-order valence-electron chi connectivity index (χ3n) is 6.09. The van der Waals surface area contributed by atoms with E-state index in [0.29, 0.717) is 12.1 Å². The van der Waals surface area contributed by atoms with Crippen LogP contribution in [0.5, 0.6) is 0 Å². The number of hydrogen-bond donors (Lipinski definition) is 1. The van der Waals surface area contributed by atoms with Gasteiger partial charge in [-0.15, -0.1) is 0 Å². The van der Waals surface area contributed by atoms with Crippen molar-refractivity contribution in [2.24, 2.45) is 0 Å². The van der Waals surface area contributed by atoms with Crippen LogP contribution < -0.4 is 5.32 Å². The molecule has 4 rings (SSSR count). The average Bonchev–Trinajstić information content (AvgIpc) is 2.81. The number of benzene rings is 2. The number of carbonyl (C=O) groups excluding carboxylic acids is 1. The predicted molar refractivity (Wildman–Crippen MR) is 128 cm³/mol. The molecule has 1 amide bonds. The van der Waals surface area contributed by atoms with E-state index in [1.807, 2.05) is 24.3 Å². The molecule has 0 unspecified atom stereocenters. The van der Waals surface area contributed by atoms with E-state index in [2.05, 4.69) is 41.4 Å². The molecule has 0 radical (unpaired) electrons. The number of rotatable bonds is 8. The highest BCUT2D eigenvalue weighted by atomic mass is 35.5. The minimum atomic E-state index is -0.0539. The van der Waals surface area contributed by atoms with Crippen molar-refractivity contribution in [3.05, 3.63) is 75.9 Å². The van der Waals surface area contributed by atoms with E-state index >= 15 is 0 Å². The summed E-state index contributed by atoms with van der Waals surface area (Å²) in [4.78, 5) is 19.9. The first-order valence-electron chi connectivity index (χ1n) is 11.3. The van der Waals surface area contributed by atoms with Crippen LogP contribution in [-0.4, -0.2) is 35.4 Å². The van der Waals surface area contributed by atoms with Crippen LogP contribution in [0, 0.1) is 0 Å². The summed E-state index contributed by atoms with van der Waals surface area (Å²) in [6.07, 6.45) is 5.20. The molecule has 0 spiro atoms. The molecule has 0 fully saturated rings. The molecule has 1 heterocycles. The zero-order valence-electron chi connectivity index (χ0n) is 18.2. The summed E-state index contributed by atoms with van der Waals surface area (Å²) in [6.45, 7) is 5.70. The average molecular weight is 436 g/mol. The molecule has 0 atom stereocenters. The zero-order chi connectivity index (χ0) is 21.6. The van der Waals surface area contributed by atoms with Gasteiger partial charge in [0.25, 0.3) is 5.91 Å². The lowest BCUT2D eigenvalue weighted by Crippen LogP contribution is -2.29. The summed E-state index contributed by atoms with van der Waals surface area (Å²) >= 11 is 6.70. The van der Waals surface area contributed by atoms with Gasteiger partial charge in [-0.2, -0.15) is 0 Å². The number of hydrogen-bond acceptors (Lipinski definition) is 3. The second-order valence-electron chi connectivity index (χ2n) is 8.25. The molecule has 0 aliphatic heterocycles. The van der Waals surface area contributed by atoms with Crippen LogP contribution in [-0.2, 0) is 19.4 Å². The third kappa shape index (κ3) is 5.25. The number of amides is 1. The van der Waals surface area contributed by atoms with Crippen LogP contribution in [0.4, 0.5) is 0 Å². The number of fused-ring (bicyclic) bond motifs is 2. The topological polar surface area (TPSA) is 45.2 Å². The fraction of sp³-hybridized carbons (Fsp3) is 0.385. The van der Waals surface area contributed by atoms with Gasteiger partial charge in [0.1, 0.15) is 0 Å². The summed E-state index contributed by atoms with van der Waals surface area (Å²) in [5.74, 6) is -0.0539.